The molecule has 0 aliphatic carbocycles. The molecule has 0 spiro atoms. The van der Waals surface area contributed by atoms with Gasteiger partial charge in [-0.15, -0.1) is 0 Å². The molecule has 3 nitrogen and oxygen atoms in total. The first-order valence-electron chi connectivity index (χ1n) is 5.70. The molecule has 0 saturated heterocycles. The van der Waals surface area contributed by atoms with Gasteiger partial charge in [-0.1, -0.05) is 29.8 Å². The van der Waals surface area contributed by atoms with Crippen LogP contribution >= 0.6 is 0 Å². The van der Waals surface area contributed by atoms with Crippen molar-refractivity contribution in [2.24, 2.45) is 0 Å². The van der Waals surface area contributed by atoms with Gasteiger partial charge in [0.25, 0.3) is 0 Å². The summed E-state index contributed by atoms with van der Waals surface area (Å²) in [4.78, 5) is 4.23. The van der Waals surface area contributed by atoms with Gasteiger partial charge in [-0.2, -0.15) is 0 Å². The number of pyridine rings is 1. The molecular weight excluding hydrogens is 210 g/mol. The fraction of sp³-hybridized carbons (Fsp3) is 0.214. The van der Waals surface area contributed by atoms with Crippen LogP contribution in [-0.2, 0) is 0 Å². The summed E-state index contributed by atoms with van der Waals surface area (Å²) in [5, 5.41) is 3.33. The molecule has 17 heavy (non-hydrogen) atoms. The number of benzene rings is 1. The molecule has 0 fully saturated rings. The van der Waals surface area contributed by atoms with Crippen LogP contribution in [0.4, 0.5) is 11.5 Å². The molecule has 1 aromatic heterocycles. The Kier molecular flexibility index (Phi) is 3.28. The molecule has 0 bridgehead atoms. The monoisotopic (exact) mass is 227 g/mol. The molecule has 1 aromatic carbocycles. The third-order valence-electron chi connectivity index (χ3n) is 2.73. The third kappa shape index (κ3) is 2.97. The number of nitrogens with two attached hydrogens (primary N) is 1. The minimum Gasteiger partial charge on any atom is -0.399 e. The van der Waals surface area contributed by atoms with E-state index in [2.05, 4.69) is 48.4 Å². The van der Waals surface area contributed by atoms with Gasteiger partial charge in [0, 0.05) is 24.0 Å². The predicted octanol–water partition coefficient (Wildman–Crippen LogP) is 3.15. The number of nitrogens with zero attached hydrogens (tertiary/aromatic N) is 1. The normalized spacial score (nSPS) is 12.1. The van der Waals surface area contributed by atoms with Crippen molar-refractivity contribution in [1.29, 1.82) is 0 Å². The van der Waals surface area contributed by atoms with Gasteiger partial charge < -0.3 is 11.1 Å². The van der Waals surface area contributed by atoms with Crippen molar-refractivity contribution in [2.75, 3.05) is 11.1 Å². The van der Waals surface area contributed by atoms with E-state index in [4.69, 9.17) is 5.73 Å². The average Bonchev–Trinajstić information content (AvgIpc) is 2.29. The highest BCUT2D eigenvalue weighted by molar-refractivity contribution is 5.49. The van der Waals surface area contributed by atoms with Crippen molar-refractivity contribution in [3.8, 4) is 0 Å². The number of hydrogen-bond donors (Lipinski definition) is 2. The van der Waals surface area contributed by atoms with Crippen LogP contribution in [0.25, 0.3) is 0 Å². The molecule has 3 N–H and O–H groups in total. The lowest BCUT2D eigenvalue weighted by atomic mass is 10.1. The van der Waals surface area contributed by atoms with Crippen LogP contribution in [0, 0.1) is 6.92 Å². The SMILES string of the molecule is Cc1ccc(C(C)Nc2cc(N)ccn2)cc1. The van der Waals surface area contributed by atoms with Crippen LogP contribution in [-0.4, -0.2) is 4.98 Å². The van der Waals surface area contributed by atoms with Crippen LogP contribution in [0.2, 0.25) is 0 Å². The van der Waals surface area contributed by atoms with E-state index in [1.165, 1.54) is 11.1 Å². The van der Waals surface area contributed by atoms with E-state index in [9.17, 15) is 0 Å². The summed E-state index contributed by atoms with van der Waals surface area (Å²) in [7, 11) is 0. The molecule has 3 heteroatoms. The Morgan fingerprint density at radius 3 is 2.53 bits per heavy atom. The number of hydrogen-bond acceptors (Lipinski definition) is 3. The second kappa shape index (κ2) is 4.87. The van der Waals surface area contributed by atoms with E-state index in [1.807, 2.05) is 6.07 Å². The minimum absolute atomic E-state index is 0.213. The molecule has 88 valence electrons. The lowest BCUT2D eigenvalue weighted by molar-refractivity contribution is 0.874. The summed E-state index contributed by atoms with van der Waals surface area (Å²) in [5.41, 5.74) is 8.94. The first kappa shape index (κ1) is 11.5. The van der Waals surface area contributed by atoms with E-state index < -0.39 is 0 Å². The van der Waals surface area contributed by atoms with Gasteiger partial charge in [-0.05, 0) is 25.5 Å². The summed E-state index contributed by atoms with van der Waals surface area (Å²) >= 11 is 0. The van der Waals surface area contributed by atoms with E-state index in [0.29, 0.717) is 0 Å². The van der Waals surface area contributed by atoms with Crippen LogP contribution in [0.15, 0.2) is 42.6 Å². The van der Waals surface area contributed by atoms with Crippen molar-refractivity contribution < 1.29 is 0 Å². The molecule has 2 aromatic rings. The van der Waals surface area contributed by atoms with Crippen molar-refractivity contribution in [3.05, 3.63) is 53.7 Å². The Morgan fingerprint density at radius 2 is 1.88 bits per heavy atom. The first-order valence-corrected chi connectivity index (χ1v) is 5.70. The maximum Gasteiger partial charge on any atom is 0.128 e. The summed E-state index contributed by atoms with van der Waals surface area (Å²) in [5.74, 6) is 0.804. The largest absolute Gasteiger partial charge is 0.399 e. The summed E-state index contributed by atoms with van der Waals surface area (Å²) in [6, 6.07) is 12.3. The highest BCUT2D eigenvalue weighted by atomic mass is 15.0. The maximum atomic E-state index is 5.71. The highest BCUT2D eigenvalue weighted by Gasteiger charge is 2.05. The molecule has 1 atom stereocenters. The lowest BCUT2D eigenvalue weighted by Gasteiger charge is -2.15. The zero-order valence-corrected chi connectivity index (χ0v) is 10.1. The van der Waals surface area contributed by atoms with E-state index in [-0.39, 0.29) is 6.04 Å². The second-order valence-corrected chi connectivity index (χ2v) is 4.25. The summed E-state index contributed by atoms with van der Waals surface area (Å²) in [6.45, 7) is 4.19. The van der Waals surface area contributed by atoms with Gasteiger partial charge in [-0.3, -0.25) is 0 Å². The van der Waals surface area contributed by atoms with E-state index >= 15 is 0 Å². The van der Waals surface area contributed by atoms with Crippen molar-refractivity contribution >= 4 is 11.5 Å². The fourth-order valence-electron chi connectivity index (χ4n) is 1.69. The molecular formula is C14H17N3. The third-order valence-corrected chi connectivity index (χ3v) is 2.73. The van der Waals surface area contributed by atoms with Crippen molar-refractivity contribution in [2.45, 2.75) is 19.9 Å². The van der Waals surface area contributed by atoms with Gasteiger partial charge in [-0.25, -0.2) is 4.98 Å². The quantitative estimate of drug-likeness (QED) is 0.847. The van der Waals surface area contributed by atoms with Gasteiger partial charge in [0.2, 0.25) is 0 Å². The molecule has 1 unspecified atom stereocenters. The summed E-state index contributed by atoms with van der Waals surface area (Å²) in [6.07, 6.45) is 1.71. The Morgan fingerprint density at radius 1 is 1.18 bits per heavy atom. The van der Waals surface area contributed by atoms with Crippen molar-refractivity contribution in [1.82, 2.24) is 4.98 Å². The number of aryl methyl sites for hydroxylation is 1. The molecule has 2 rings (SSSR count). The fourth-order valence-corrected chi connectivity index (χ4v) is 1.69. The van der Waals surface area contributed by atoms with Gasteiger partial charge in [0.15, 0.2) is 0 Å². The number of aromatic nitrogens is 1. The van der Waals surface area contributed by atoms with E-state index in [0.717, 1.165) is 11.5 Å². The zero-order chi connectivity index (χ0) is 12.3. The van der Waals surface area contributed by atoms with Crippen LogP contribution in [0.1, 0.15) is 24.1 Å². The minimum atomic E-state index is 0.213. The zero-order valence-electron chi connectivity index (χ0n) is 10.1. The molecule has 0 aliphatic rings. The number of nitrogen functional groups attached to an aromatic ring is 1. The lowest BCUT2D eigenvalue weighted by Crippen LogP contribution is -2.08. The van der Waals surface area contributed by atoms with Gasteiger partial charge in [0.05, 0.1) is 0 Å². The van der Waals surface area contributed by atoms with Gasteiger partial charge in [0.1, 0.15) is 5.82 Å². The van der Waals surface area contributed by atoms with E-state index in [1.54, 1.807) is 12.3 Å². The Hall–Kier alpha value is -2.03. The topological polar surface area (TPSA) is 50.9 Å². The van der Waals surface area contributed by atoms with Crippen LogP contribution < -0.4 is 11.1 Å². The second-order valence-electron chi connectivity index (χ2n) is 4.25. The Bertz CT molecular complexity index is 491. The number of rotatable bonds is 3. The first-order chi connectivity index (χ1) is 8.15. The molecule has 0 aliphatic heterocycles. The Labute approximate surface area is 102 Å². The standard InChI is InChI=1S/C14H17N3/c1-10-3-5-12(6-4-10)11(2)17-14-9-13(15)7-8-16-14/h3-9,11H,1-2H3,(H3,15,16,17). The number of anilines is 2. The predicted molar refractivity (Wildman–Crippen MR) is 71.9 cm³/mol. The maximum absolute atomic E-state index is 5.71. The van der Waals surface area contributed by atoms with Crippen molar-refractivity contribution in [3.63, 3.8) is 0 Å². The van der Waals surface area contributed by atoms with Gasteiger partial charge >= 0.3 is 0 Å². The average molecular weight is 227 g/mol. The molecule has 0 radical (unpaired) electrons. The number of nitrogens with one attached hydrogen (secondary N) is 1. The molecule has 0 saturated carbocycles. The molecule has 1 heterocycles. The summed E-state index contributed by atoms with van der Waals surface area (Å²) < 4.78 is 0. The molecule has 0 amide bonds. The smallest absolute Gasteiger partial charge is 0.128 e. The highest BCUT2D eigenvalue weighted by Crippen LogP contribution is 2.19. The van der Waals surface area contributed by atoms with Crippen LogP contribution in [0.3, 0.4) is 0 Å². The van der Waals surface area contributed by atoms with Crippen LogP contribution in [0.5, 0.6) is 0 Å². The Balaban J connectivity index is 2.11.